The van der Waals surface area contributed by atoms with Crippen molar-refractivity contribution in [1.82, 2.24) is 0 Å². The smallest absolute Gasteiger partial charge is 0.200 e. The molecule has 18 nitrogen and oxygen atoms in total. The van der Waals surface area contributed by atoms with Gasteiger partial charge in [-0.2, -0.15) is 0 Å². The second-order valence-corrected chi connectivity index (χ2v) is 21.3. The Morgan fingerprint density at radius 1 is 0.667 bits per heavy atom. The average Bonchev–Trinajstić information content (AvgIpc) is 3.70. The Morgan fingerprint density at radius 2 is 1.30 bits per heavy atom. The van der Waals surface area contributed by atoms with Crippen molar-refractivity contribution in [2.45, 2.75) is 215 Å². The summed E-state index contributed by atoms with van der Waals surface area (Å²) in [6, 6.07) is 0. The molecule has 360 valence electrons. The first-order chi connectivity index (χ1) is 29.7. The maximum atomic E-state index is 12.0. The maximum Gasteiger partial charge on any atom is 0.200 e. The summed E-state index contributed by atoms with van der Waals surface area (Å²) >= 11 is 0. The number of hydrogen-bond acceptors (Lipinski definition) is 18. The molecule has 0 radical (unpaired) electrons. The standard InChI is InChI=1S/C45H72O18/c1-17-13-28(47)45(63-39(17)55)18(2)29-26(62-45)15-25-23-8-7-21-14-22(9-11-43(21,5)24(23)10-12-44(25,29)6)58-42-38(61-41-35(53)33(51)31(49)20(4)57-41)36(54)37(27(16-46)59-42)60-40-34(52)32(50)30(48)19(3)56-40/h7,17-20,22-42,46-55H,8-16H2,1-6H3. The Morgan fingerprint density at radius 3 is 1.94 bits per heavy atom. The minimum Gasteiger partial charge on any atom is -0.394 e. The molecule has 0 aromatic carbocycles. The van der Waals surface area contributed by atoms with Crippen molar-refractivity contribution in [2.24, 2.45) is 46.3 Å². The normalized spacial score (nSPS) is 59.3. The van der Waals surface area contributed by atoms with Crippen LogP contribution in [0.2, 0.25) is 0 Å². The predicted octanol–water partition coefficient (Wildman–Crippen LogP) is -0.469. The number of fused-ring (bicyclic) bond motifs is 7. The van der Waals surface area contributed by atoms with Crippen LogP contribution in [0, 0.1) is 46.3 Å². The highest BCUT2D eigenvalue weighted by Crippen LogP contribution is 2.71. The van der Waals surface area contributed by atoms with Crippen molar-refractivity contribution in [3.05, 3.63) is 11.6 Å². The summed E-state index contributed by atoms with van der Waals surface area (Å²) in [5.74, 6) is -0.00648. The van der Waals surface area contributed by atoms with E-state index in [0.717, 1.165) is 32.1 Å². The van der Waals surface area contributed by atoms with Gasteiger partial charge in [-0.3, -0.25) is 0 Å². The van der Waals surface area contributed by atoms with Crippen molar-refractivity contribution < 1.29 is 89.0 Å². The molecule has 4 aliphatic carbocycles. The first-order valence-corrected chi connectivity index (χ1v) is 23.4. The van der Waals surface area contributed by atoms with Gasteiger partial charge in [-0.05, 0) is 99.7 Å². The second kappa shape index (κ2) is 17.2. The van der Waals surface area contributed by atoms with Crippen LogP contribution < -0.4 is 0 Å². The molecule has 0 aromatic heterocycles. The molecule has 28 atom stereocenters. The van der Waals surface area contributed by atoms with Gasteiger partial charge in [-0.1, -0.05) is 39.3 Å². The van der Waals surface area contributed by atoms with Crippen LogP contribution in [0.25, 0.3) is 0 Å². The van der Waals surface area contributed by atoms with Crippen LogP contribution in [-0.4, -0.2) is 180 Å². The summed E-state index contributed by atoms with van der Waals surface area (Å²) < 4.78 is 49.5. The Kier molecular flexibility index (Phi) is 12.9. The van der Waals surface area contributed by atoms with Gasteiger partial charge in [0, 0.05) is 11.8 Å². The Labute approximate surface area is 368 Å². The molecule has 9 aliphatic rings. The molecule has 0 aromatic rings. The minimum atomic E-state index is -1.73. The molecule has 9 rings (SSSR count). The zero-order valence-electron chi connectivity index (χ0n) is 37.1. The molecule has 63 heavy (non-hydrogen) atoms. The van der Waals surface area contributed by atoms with Gasteiger partial charge in [0.05, 0.1) is 31.0 Å². The molecule has 0 bridgehead atoms. The third-order valence-corrected chi connectivity index (χ3v) is 17.8. The number of hydrogen-bond donors (Lipinski definition) is 10. The molecular weight excluding hydrogens is 828 g/mol. The fraction of sp³-hybridized carbons (Fsp3) is 0.956. The molecule has 1 spiro atoms. The van der Waals surface area contributed by atoms with E-state index in [1.54, 1.807) is 0 Å². The Bertz CT molecular complexity index is 1670. The number of aliphatic hydroxyl groups excluding tert-OH is 10. The highest BCUT2D eigenvalue weighted by Gasteiger charge is 2.71. The maximum absolute atomic E-state index is 12.0. The van der Waals surface area contributed by atoms with Crippen LogP contribution in [-0.2, 0) is 37.9 Å². The largest absolute Gasteiger partial charge is 0.394 e. The minimum absolute atomic E-state index is 0.0189. The molecule has 5 heterocycles. The lowest BCUT2D eigenvalue weighted by molar-refractivity contribution is -0.388. The Hall–Kier alpha value is -0.980. The highest BCUT2D eigenvalue weighted by molar-refractivity contribution is 5.26. The summed E-state index contributed by atoms with van der Waals surface area (Å²) in [7, 11) is 0. The summed E-state index contributed by atoms with van der Waals surface area (Å²) in [6.45, 7) is 11.1. The lowest BCUT2D eigenvalue weighted by atomic mass is 9.47. The summed E-state index contributed by atoms with van der Waals surface area (Å²) in [5.41, 5.74) is 1.17. The van der Waals surface area contributed by atoms with E-state index < -0.39 is 123 Å². The number of rotatable bonds is 7. The van der Waals surface area contributed by atoms with Crippen molar-refractivity contribution in [2.75, 3.05) is 6.61 Å². The number of ether oxygens (including phenoxy) is 8. The van der Waals surface area contributed by atoms with Crippen LogP contribution in [0.4, 0.5) is 0 Å². The number of allylic oxidation sites excluding steroid dienone is 1. The van der Waals surface area contributed by atoms with Crippen LogP contribution in [0.3, 0.4) is 0 Å². The second-order valence-electron chi connectivity index (χ2n) is 21.3. The van der Waals surface area contributed by atoms with E-state index in [1.165, 1.54) is 19.4 Å². The van der Waals surface area contributed by atoms with E-state index in [1.807, 2.05) is 6.92 Å². The van der Waals surface area contributed by atoms with Crippen molar-refractivity contribution in [3.8, 4) is 0 Å². The first kappa shape index (κ1) is 47.1. The fourth-order valence-corrected chi connectivity index (χ4v) is 14.1. The molecule has 0 amide bonds. The Balaban J connectivity index is 0.917. The van der Waals surface area contributed by atoms with E-state index in [4.69, 9.17) is 37.9 Å². The van der Waals surface area contributed by atoms with Gasteiger partial charge in [0.15, 0.2) is 30.9 Å². The van der Waals surface area contributed by atoms with E-state index >= 15 is 0 Å². The molecule has 18 heteroatoms. The van der Waals surface area contributed by atoms with Crippen LogP contribution >= 0.6 is 0 Å². The quantitative estimate of drug-likeness (QED) is 0.145. The predicted molar refractivity (Wildman–Crippen MR) is 215 cm³/mol. The van der Waals surface area contributed by atoms with Gasteiger partial charge >= 0.3 is 0 Å². The van der Waals surface area contributed by atoms with Crippen LogP contribution in [0.15, 0.2) is 11.6 Å². The lowest BCUT2D eigenvalue weighted by Gasteiger charge is -2.59. The zero-order valence-corrected chi connectivity index (χ0v) is 37.1. The van der Waals surface area contributed by atoms with Gasteiger partial charge in [0.25, 0.3) is 0 Å². The van der Waals surface area contributed by atoms with Crippen molar-refractivity contribution in [3.63, 3.8) is 0 Å². The highest BCUT2D eigenvalue weighted by atomic mass is 16.8. The van der Waals surface area contributed by atoms with Gasteiger partial charge in [0.2, 0.25) is 0 Å². The third kappa shape index (κ3) is 7.53. The fourth-order valence-electron chi connectivity index (χ4n) is 14.1. The zero-order chi connectivity index (χ0) is 45.2. The van der Waals surface area contributed by atoms with E-state index in [2.05, 4.69) is 26.8 Å². The number of aliphatic hydroxyl groups is 10. The van der Waals surface area contributed by atoms with Gasteiger partial charge < -0.3 is 89.0 Å². The van der Waals surface area contributed by atoms with Crippen molar-refractivity contribution in [1.29, 1.82) is 0 Å². The molecule has 28 unspecified atom stereocenters. The first-order valence-electron chi connectivity index (χ1n) is 23.4. The summed E-state index contributed by atoms with van der Waals surface area (Å²) in [4.78, 5) is 0. The topological polar surface area (TPSA) is 276 Å². The summed E-state index contributed by atoms with van der Waals surface area (Å²) in [5, 5.41) is 108. The molecule has 10 N–H and O–H groups in total. The molecular formula is C45H72O18. The van der Waals surface area contributed by atoms with Crippen LogP contribution in [0.5, 0.6) is 0 Å². The van der Waals surface area contributed by atoms with E-state index in [0.29, 0.717) is 37.0 Å². The SMILES string of the molecule is CC1CC(O)C2(OC1O)OC1CC3C4CC=C5CC(OC6OC(CO)C(OC7OC(C)C(O)C(O)C7O)C(O)C6OC6OC(C)C(O)C(O)C6O)CCC5(C)C4CCC3(C)C1C2C. The van der Waals surface area contributed by atoms with E-state index in [-0.39, 0.29) is 34.7 Å². The monoisotopic (exact) mass is 900 g/mol. The van der Waals surface area contributed by atoms with Crippen LogP contribution in [0.1, 0.15) is 92.9 Å². The average molecular weight is 901 g/mol. The molecule has 5 aliphatic heterocycles. The molecule has 5 saturated heterocycles. The third-order valence-electron chi connectivity index (χ3n) is 17.8. The molecule has 3 saturated carbocycles. The molecule has 8 fully saturated rings. The van der Waals surface area contributed by atoms with Gasteiger partial charge in [-0.15, -0.1) is 0 Å². The van der Waals surface area contributed by atoms with E-state index in [9.17, 15) is 51.1 Å². The lowest BCUT2D eigenvalue weighted by Crippen LogP contribution is -2.66. The van der Waals surface area contributed by atoms with Crippen molar-refractivity contribution >= 4 is 0 Å². The summed E-state index contributed by atoms with van der Waals surface area (Å²) in [6.07, 6.45) is -15.4. The van der Waals surface area contributed by atoms with Gasteiger partial charge in [-0.25, -0.2) is 0 Å². The van der Waals surface area contributed by atoms with Gasteiger partial charge in [0.1, 0.15) is 67.1 Å².